The number of carbonyl (C=O) groups excluding carboxylic acids is 2. The number of hydrogen-bond donors (Lipinski definition) is 1. The molecule has 6 heteroatoms. The summed E-state index contributed by atoms with van der Waals surface area (Å²) >= 11 is 0. The minimum absolute atomic E-state index is 0.183. The Bertz CT molecular complexity index is 947. The van der Waals surface area contributed by atoms with Crippen LogP contribution in [0.5, 0.6) is 0 Å². The van der Waals surface area contributed by atoms with Crippen molar-refractivity contribution in [1.82, 2.24) is 9.78 Å². The molecule has 0 atom stereocenters. The molecule has 0 bridgehead atoms. The average Bonchev–Trinajstić information content (AvgIpc) is 3.08. The predicted octanol–water partition coefficient (Wildman–Crippen LogP) is 3.28. The molecule has 6 nitrogen and oxygen atoms in total. The predicted molar refractivity (Wildman–Crippen MR) is 98.2 cm³/mol. The molecular weight excluding hydrogens is 330 g/mol. The van der Waals surface area contributed by atoms with E-state index in [-0.39, 0.29) is 11.9 Å². The summed E-state index contributed by atoms with van der Waals surface area (Å²) < 4.78 is 6.47. The van der Waals surface area contributed by atoms with Crippen LogP contribution in [0.1, 0.15) is 31.8 Å². The summed E-state index contributed by atoms with van der Waals surface area (Å²) in [5.74, 6) is -0.571. The number of aromatic nitrogens is 2. The number of esters is 1. The highest BCUT2D eigenvalue weighted by Gasteiger charge is 2.13. The summed E-state index contributed by atoms with van der Waals surface area (Å²) in [6.45, 7) is 2.29. The van der Waals surface area contributed by atoms with Crippen molar-refractivity contribution in [1.29, 1.82) is 0 Å². The van der Waals surface area contributed by atoms with Crippen molar-refractivity contribution in [2.24, 2.45) is 0 Å². The van der Waals surface area contributed by atoms with Crippen LogP contribution in [0, 0.1) is 6.92 Å². The molecular formula is C20H19N3O3. The number of hydrogen-bond acceptors (Lipinski definition) is 4. The van der Waals surface area contributed by atoms with Gasteiger partial charge < -0.3 is 10.1 Å². The van der Waals surface area contributed by atoms with Crippen LogP contribution in [0.2, 0.25) is 0 Å². The zero-order valence-electron chi connectivity index (χ0n) is 14.6. The van der Waals surface area contributed by atoms with Gasteiger partial charge in [-0.15, -0.1) is 0 Å². The largest absolute Gasteiger partial charge is 0.465 e. The Hall–Kier alpha value is -3.41. The zero-order valence-corrected chi connectivity index (χ0v) is 14.6. The molecule has 0 unspecified atom stereocenters. The summed E-state index contributed by atoms with van der Waals surface area (Å²) in [4.78, 5) is 24.2. The van der Waals surface area contributed by atoms with Gasteiger partial charge in [0.2, 0.25) is 0 Å². The highest BCUT2D eigenvalue weighted by molar-refractivity contribution is 6.05. The van der Waals surface area contributed by atoms with Crippen LogP contribution in [0.25, 0.3) is 0 Å². The lowest BCUT2D eigenvalue weighted by Crippen LogP contribution is -2.13. The Morgan fingerprint density at radius 2 is 1.77 bits per heavy atom. The van der Waals surface area contributed by atoms with Crippen LogP contribution >= 0.6 is 0 Å². The molecule has 1 aromatic heterocycles. The molecule has 3 aromatic rings. The van der Waals surface area contributed by atoms with Crippen LogP contribution in [-0.2, 0) is 11.3 Å². The third-order valence-corrected chi connectivity index (χ3v) is 4.04. The molecule has 0 radical (unpaired) electrons. The standard InChI is InChI=1S/C20H19N3O3/c1-14-7-3-5-9-17(14)19(24)22-16-11-21-23(13-16)12-15-8-4-6-10-18(15)20(25)26-2/h3-11,13H,12H2,1-2H3,(H,22,24). The van der Waals surface area contributed by atoms with Gasteiger partial charge in [-0.25, -0.2) is 4.79 Å². The van der Waals surface area contributed by atoms with E-state index >= 15 is 0 Å². The zero-order chi connectivity index (χ0) is 18.5. The summed E-state index contributed by atoms with van der Waals surface area (Å²) in [7, 11) is 1.35. The van der Waals surface area contributed by atoms with Gasteiger partial charge in [-0.2, -0.15) is 5.10 Å². The lowest BCUT2D eigenvalue weighted by molar-refractivity contribution is 0.0599. The molecule has 0 aliphatic carbocycles. The first-order valence-corrected chi connectivity index (χ1v) is 8.14. The SMILES string of the molecule is COC(=O)c1ccccc1Cn1cc(NC(=O)c2ccccc2C)cn1. The second kappa shape index (κ2) is 7.65. The van der Waals surface area contributed by atoms with Crippen LogP contribution in [0.3, 0.4) is 0 Å². The highest BCUT2D eigenvalue weighted by Crippen LogP contribution is 2.15. The maximum atomic E-state index is 12.4. The molecule has 0 aliphatic heterocycles. The molecule has 3 rings (SSSR count). The van der Waals surface area contributed by atoms with Gasteiger partial charge in [0, 0.05) is 11.8 Å². The van der Waals surface area contributed by atoms with Gasteiger partial charge in [-0.1, -0.05) is 36.4 Å². The van der Waals surface area contributed by atoms with Gasteiger partial charge in [0.1, 0.15) is 0 Å². The van der Waals surface area contributed by atoms with Crippen molar-refractivity contribution >= 4 is 17.6 Å². The molecule has 2 aromatic carbocycles. The van der Waals surface area contributed by atoms with Crippen LogP contribution in [-0.4, -0.2) is 28.8 Å². The van der Waals surface area contributed by atoms with Crippen LogP contribution in [0.4, 0.5) is 5.69 Å². The van der Waals surface area contributed by atoms with Gasteiger partial charge in [0.15, 0.2) is 0 Å². The summed E-state index contributed by atoms with van der Waals surface area (Å²) in [6.07, 6.45) is 3.31. The van der Waals surface area contributed by atoms with Crippen molar-refractivity contribution in [2.75, 3.05) is 12.4 Å². The topological polar surface area (TPSA) is 73.2 Å². The number of rotatable bonds is 5. The third-order valence-electron chi connectivity index (χ3n) is 4.04. The number of anilines is 1. The van der Waals surface area contributed by atoms with Crippen molar-refractivity contribution < 1.29 is 14.3 Å². The first kappa shape index (κ1) is 17.4. The number of carbonyl (C=O) groups is 2. The quantitative estimate of drug-likeness (QED) is 0.718. The second-order valence-electron chi connectivity index (χ2n) is 5.84. The van der Waals surface area contributed by atoms with E-state index < -0.39 is 0 Å². The molecule has 26 heavy (non-hydrogen) atoms. The van der Waals surface area contributed by atoms with Gasteiger partial charge in [-0.05, 0) is 30.2 Å². The first-order chi connectivity index (χ1) is 12.6. The number of methoxy groups -OCH3 is 1. The fourth-order valence-electron chi connectivity index (χ4n) is 2.68. The Balaban J connectivity index is 1.74. The second-order valence-corrected chi connectivity index (χ2v) is 5.84. The van der Waals surface area contributed by atoms with Crippen molar-refractivity contribution in [3.05, 3.63) is 83.2 Å². The monoisotopic (exact) mass is 349 g/mol. The van der Waals surface area contributed by atoms with E-state index in [1.165, 1.54) is 7.11 Å². The summed E-state index contributed by atoms with van der Waals surface area (Å²) in [6, 6.07) is 14.6. The van der Waals surface area contributed by atoms with Gasteiger partial charge in [-0.3, -0.25) is 9.48 Å². The Morgan fingerprint density at radius 3 is 2.50 bits per heavy atom. The molecule has 0 spiro atoms. The van der Waals surface area contributed by atoms with Crippen LogP contribution < -0.4 is 5.32 Å². The number of nitrogens with one attached hydrogen (secondary N) is 1. The molecule has 0 saturated heterocycles. The lowest BCUT2D eigenvalue weighted by Gasteiger charge is -2.08. The van der Waals surface area contributed by atoms with Gasteiger partial charge in [0.25, 0.3) is 5.91 Å². The minimum Gasteiger partial charge on any atom is -0.465 e. The summed E-state index contributed by atoms with van der Waals surface area (Å²) in [5, 5.41) is 7.10. The molecule has 0 fully saturated rings. The van der Waals surface area contributed by atoms with Crippen molar-refractivity contribution in [3.8, 4) is 0 Å². The van der Waals surface area contributed by atoms with E-state index in [4.69, 9.17) is 4.74 Å². The van der Waals surface area contributed by atoms with Crippen molar-refractivity contribution in [2.45, 2.75) is 13.5 Å². The van der Waals surface area contributed by atoms with E-state index in [2.05, 4.69) is 10.4 Å². The number of amides is 1. The number of nitrogens with zero attached hydrogens (tertiary/aromatic N) is 2. The van der Waals surface area contributed by atoms with Gasteiger partial charge in [0.05, 0.1) is 31.1 Å². The highest BCUT2D eigenvalue weighted by atomic mass is 16.5. The normalized spacial score (nSPS) is 10.4. The molecule has 1 amide bonds. The lowest BCUT2D eigenvalue weighted by atomic mass is 10.1. The maximum Gasteiger partial charge on any atom is 0.338 e. The summed E-state index contributed by atoms with van der Waals surface area (Å²) in [5.41, 5.74) is 3.41. The Labute approximate surface area is 151 Å². The molecule has 0 saturated carbocycles. The fraction of sp³-hybridized carbons (Fsp3) is 0.150. The first-order valence-electron chi connectivity index (χ1n) is 8.14. The molecule has 1 N–H and O–H groups in total. The van der Waals surface area contributed by atoms with E-state index in [0.29, 0.717) is 23.4 Å². The maximum absolute atomic E-state index is 12.4. The third kappa shape index (κ3) is 3.80. The van der Waals surface area contributed by atoms with Gasteiger partial charge >= 0.3 is 5.97 Å². The number of benzene rings is 2. The van der Waals surface area contributed by atoms with Crippen LogP contribution in [0.15, 0.2) is 60.9 Å². The fourth-order valence-corrected chi connectivity index (χ4v) is 2.68. The van der Waals surface area contributed by atoms with E-state index in [0.717, 1.165) is 11.1 Å². The van der Waals surface area contributed by atoms with Crippen molar-refractivity contribution in [3.63, 3.8) is 0 Å². The molecule has 132 valence electrons. The minimum atomic E-state index is -0.388. The number of aryl methyl sites for hydroxylation is 1. The van der Waals surface area contributed by atoms with E-state index in [1.54, 1.807) is 35.3 Å². The number of ether oxygens (including phenoxy) is 1. The van der Waals surface area contributed by atoms with E-state index in [9.17, 15) is 9.59 Å². The van der Waals surface area contributed by atoms with E-state index in [1.807, 2.05) is 37.3 Å². The Kier molecular flexibility index (Phi) is 5.12. The smallest absolute Gasteiger partial charge is 0.338 e. The molecule has 0 aliphatic rings. The molecule has 1 heterocycles. The Morgan fingerprint density at radius 1 is 1.08 bits per heavy atom. The average molecular weight is 349 g/mol.